The lowest BCUT2D eigenvalue weighted by Gasteiger charge is -2.42. The highest BCUT2D eigenvalue weighted by Gasteiger charge is 2.51. The summed E-state index contributed by atoms with van der Waals surface area (Å²) in [5, 5.41) is 0.785. The largest absolute Gasteiger partial charge is 0.484 e. The molecule has 1 spiro atoms. The smallest absolute Gasteiger partial charge is 0.134 e. The van der Waals surface area contributed by atoms with Crippen LogP contribution in [0.5, 0.6) is 5.75 Å². The number of likely N-dealkylation sites (tertiary alicyclic amines) is 1. The van der Waals surface area contributed by atoms with E-state index in [2.05, 4.69) is 41.3 Å². The van der Waals surface area contributed by atoms with Gasteiger partial charge >= 0.3 is 0 Å². The molecular weight excluding hydrogens is 330 g/mol. The number of ether oxygens (including phenoxy) is 1. The highest BCUT2D eigenvalue weighted by molar-refractivity contribution is 6.30. The van der Waals surface area contributed by atoms with Crippen LogP contribution in [0.3, 0.4) is 0 Å². The maximum atomic E-state index is 6.49. The zero-order valence-corrected chi connectivity index (χ0v) is 15.2. The van der Waals surface area contributed by atoms with Crippen LogP contribution in [-0.2, 0) is 5.41 Å². The molecule has 0 amide bonds. The summed E-state index contributed by atoms with van der Waals surface area (Å²) < 4.78 is 6.49. The van der Waals surface area contributed by atoms with Crippen LogP contribution in [0.25, 0.3) is 0 Å². The van der Waals surface area contributed by atoms with Crippen LogP contribution in [0.2, 0.25) is 5.02 Å². The minimum atomic E-state index is 0.102. The molecule has 130 valence electrons. The molecule has 0 N–H and O–H groups in total. The normalized spacial score (nSPS) is 24.9. The third kappa shape index (κ3) is 2.76. The Kier molecular flexibility index (Phi) is 3.79. The first kappa shape index (κ1) is 15.7. The second-order valence-corrected chi connectivity index (χ2v) is 8.38. The van der Waals surface area contributed by atoms with Crippen molar-refractivity contribution in [3.05, 3.63) is 64.7 Å². The van der Waals surface area contributed by atoms with E-state index in [0.717, 1.165) is 16.7 Å². The van der Waals surface area contributed by atoms with Gasteiger partial charge in [-0.05, 0) is 68.5 Å². The Morgan fingerprint density at radius 2 is 1.72 bits per heavy atom. The van der Waals surface area contributed by atoms with Crippen molar-refractivity contribution in [2.45, 2.75) is 37.2 Å². The quantitative estimate of drug-likeness (QED) is 0.750. The number of hydrogen-bond donors (Lipinski definition) is 0. The average molecular weight is 354 g/mol. The molecule has 2 fully saturated rings. The third-order valence-corrected chi connectivity index (χ3v) is 6.56. The lowest BCUT2D eigenvalue weighted by atomic mass is 9.68. The predicted octanol–water partition coefficient (Wildman–Crippen LogP) is 5.22. The molecule has 1 saturated heterocycles. The van der Waals surface area contributed by atoms with Gasteiger partial charge in [-0.25, -0.2) is 0 Å². The van der Waals surface area contributed by atoms with Crippen LogP contribution in [0.15, 0.2) is 48.5 Å². The summed E-state index contributed by atoms with van der Waals surface area (Å²) in [7, 11) is 0. The third-order valence-electron chi connectivity index (χ3n) is 6.30. The molecule has 1 unspecified atom stereocenters. The molecular formula is C22H24ClNO. The van der Waals surface area contributed by atoms with Crippen molar-refractivity contribution in [2.24, 2.45) is 5.92 Å². The number of para-hydroxylation sites is 1. The van der Waals surface area contributed by atoms with Crippen molar-refractivity contribution in [3.63, 3.8) is 0 Å². The van der Waals surface area contributed by atoms with Crippen molar-refractivity contribution >= 4 is 11.6 Å². The molecule has 1 saturated carbocycles. The van der Waals surface area contributed by atoms with Gasteiger partial charge in [-0.15, -0.1) is 0 Å². The van der Waals surface area contributed by atoms with E-state index < -0.39 is 0 Å². The Labute approximate surface area is 154 Å². The summed E-state index contributed by atoms with van der Waals surface area (Å²) >= 11 is 6.11. The zero-order chi connectivity index (χ0) is 16.9. The van der Waals surface area contributed by atoms with Gasteiger partial charge in [-0.2, -0.15) is 0 Å². The molecule has 2 aliphatic heterocycles. The van der Waals surface area contributed by atoms with Gasteiger partial charge in [0.05, 0.1) is 0 Å². The summed E-state index contributed by atoms with van der Waals surface area (Å²) in [6.07, 6.45) is 5.31. The fraction of sp³-hybridized carbons (Fsp3) is 0.455. The predicted molar refractivity (Wildman–Crippen MR) is 101 cm³/mol. The van der Waals surface area contributed by atoms with E-state index >= 15 is 0 Å². The van der Waals surface area contributed by atoms with E-state index in [-0.39, 0.29) is 11.5 Å². The van der Waals surface area contributed by atoms with Crippen LogP contribution in [0.1, 0.15) is 42.9 Å². The van der Waals surface area contributed by atoms with Crippen LogP contribution >= 0.6 is 11.6 Å². The van der Waals surface area contributed by atoms with Crippen LogP contribution in [-0.4, -0.2) is 24.5 Å². The molecule has 0 radical (unpaired) electrons. The number of benzene rings is 2. The van der Waals surface area contributed by atoms with Crippen LogP contribution in [0, 0.1) is 5.92 Å². The van der Waals surface area contributed by atoms with E-state index in [1.165, 1.54) is 56.4 Å². The van der Waals surface area contributed by atoms with Gasteiger partial charge < -0.3 is 9.64 Å². The molecule has 0 bridgehead atoms. The molecule has 0 aromatic heterocycles. The SMILES string of the molecule is Clc1ccc(C2Oc3ccccc3C23CCN(CC2CC2)CC3)cc1. The first-order valence-corrected chi connectivity index (χ1v) is 9.86. The van der Waals surface area contributed by atoms with E-state index in [1.54, 1.807) is 0 Å². The first-order valence-electron chi connectivity index (χ1n) is 9.49. The molecule has 25 heavy (non-hydrogen) atoms. The minimum Gasteiger partial charge on any atom is -0.484 e. The number of hydrogen-bond acceptors (Lipinski definition) is 2. The van der Waals surface area contributed by atoms with Gasteiger partial charge in [0.1, 0.15) is 11.9 Å². The van der Waals surface area contributed by atoms with Gasteiger partial charge in [0.15, 0.2) is 0 Å². The Balaban J connectivity index is 1.47. The van der Waals surface area contributed by atoms with Crippen molar-refractivity contribution in [1.82, 2.24) is 4.90 Å². The Hall–Kier alpha value is -1.51. The fourth-order valence-corrected chi connectivity index (χ4v) is 4.84. The van der Waals surface area contributed by atoms with Crippen molar-refractivity contribution in [3.8, 4) is 5.75 Å². The number of rotatable bonds is 3. The summed E-state index contributed by atoms with van der Waals surface area (Å²) in [6, 6.07) is 16.9. The van der Waals surface area contributed by atoms with Gasteiger partial charge in [-0.3, -0.25) is 0 Å². The number of fused-ring (bicyclic) bond motifs is 2. The highest BCUT2D eigenvalue weighted by Crippen LogP contribution is 2.55. The number of halogens is 1. The molecule has 1 atom stereocenters. The summed E-state index contributed by atoms with van der Waals surface area (Å²) in [5.74, 6) is 2.03. The van der Waals surface area contributed by atoms with Crippen molar-refractivity contribution in [1.29, 1.82) is 0 Å². The van der Waals surface area contributed by atoms with Crippen LogP contribution in [0.4, 0.5) is 0 Å². The number of nitrogens with zero attached hydrogens (tertiary/aromatic N) is 1. The molecule has 1 aliphatic carbocycles. The average Bonchev–Trinajstić information content (AvgIpc) is 3.41. The maximum absolute atomic E-state index is 6.49. The maximum Gasteiger partial charge on any atom is 0.134 e. The molecule has 2 aromatic carbocycles. The molecule has 2 heterocycles. The first-order chi connectivity index (χ1) is 12.2. The molecule has 3 aliphatic rings. The summed E-state index contributed by atoms with van der Waals surface area (Å²) in [6.45, 7) is 3.65. The molecule has 5 rings (SSSR count). The second-order valence-electron chi connectivity index (χ2n) is 7.95. The lowest BCUT2D eigenvalue weighted by molar-refractivity contribution is 0.0746. The highest BCUT2D eigenvalue weighted by atomic mass is 35.5. The summed E-state index contributed by atoms with van der Waals surface area (Å²) in [5.41, 5.74) is 2.75. The second kappa shape index (κ2) is 6.03. The summed E-state index contributed by atoms with van der Waals surface area (Å²) in [4.78, 5) is 2.67. The van der Waals surface area contributed by atoms with Crippen molar-refractivity contribution < 1.29 is 4.74 Å². The molecule has 3 heteroatoms. The fourth-order valence-electron chi connectivity index (χ4n) is 4.72. The van der Waals surface area contributed by atoms with Crippen LogP contribution < -0.4 is 4.74 Å². The molecule has 2 aromatic rings. The van der Waals surface area contributed by atoms with Gasteiger partial charge in [-0.1, -0.05) is 41.9 Å². The Bertz CT molecular complexity index is 760. The minimum absolute atomic E-state index is 0.102. The van der Waals surface area contributed by atoms with Gasteiger partial charge in [0, 0.05) is 22.5 Å². The standard InChI is InChI=1S/C22H24ClNO/c23-18-9-7-17(8-10-18)21-22(19-3-1-2-4-20(19)25-21)11-13-24(14-12-22)15-16-5-6-16/h1-4,7-10,16,21H,5-6,11-15H2. The van der Waals surface area contributed by atoms with Gasteiger partial charge in [0.2, 0.25) is 0 Å². The lowest BCUT2D eigenvalue weighted by Crippen LogP contribution is -2.45. The zero-order valence-electron chi connectivity index (χ0n) is 14.5. The van der Waals surface area contributed by atoms with E-state index in [9.17, 15) is 0 Å². The number of piperidine rings is 1. The molecule has 2 nitrogen and oxygen atoms in total. The van der Waals surface area contributed by atoms with E-state index in [0.29, 0.717) is 0 Å². The van der Waals surface area contributed by atoms with E-state index in [4.69, 9.17) is 16.3 Å². The van der Waals surface area contributed by atoms with Crippen molar-refractivity contribution in [2.75, 3.05) is 19.6 Å². The Morgan fingerprint density at radius 1 is 1.00 bits per heavy atom. The topological polar surface area (TPSA) is 12.5 Å². The van der Waals surface area contributed by atoms with Gasteiger partial charge in [0.25, 0.3) is 0 Å². The van der Waals surface area contributed by atoms with E-state index in [1.807, 2.05) is 12.1 Å². The monoisotopic (exact) mass is 353 g/mol. The Morgan fingerprint density at radius 3 is 2.44 bits per heavy atom.